The van der Waals surface area contributed by atoms with E-state index >= 15 is 0 Å². The molecule has 0 heterocycles. The number of hydrogen-bond donors (Lipinski definition) is 1. The number of hydrogen-bond acceptors (Lipinski definition) is 1. The van der Waals surface area contributed by atoms with Crippen LogP contribution >= 0.6 is 15.9 Å². The Morgan fingerprint density at radius 3 is 2.47 bits per heavy atom. The van der Waals surface area contributed by atoms with Crippen molar-refractivity contribution in [2.45, 2.75) is 6.18 Å². The molecule has 0 bridgehead atoms. The second kappa shape index (κ2) is 4.81. The van der Waals surface area contributed by atoms with Crippen LogP contribution in [0.1, 0.15) is 11.1 Å². The van der Waals surface area contributed by atoms with E-state index < -0.39 is 11.7 Å². The molecule has 1 N–H and O–H groups in total. The predicted octanol–water partition coefficient (Wildman–Crippen LogP) is 3.47. The lowest BCUT2D eigenvalue weighted by atomic mass is 10.1. The minimum absolute atomic E-state index is 0.145. The number of benzene rings is 1. The Labute approximate surface area is 93.4 Å². The third-order valence-corrected chi connectivity index (χ3v) is 2.42. The third kappa shape index (κ3) is 3.35. The Morgan fingerprint density at radius 1 is 1.33 bits per heavy atom. The molecular weight excluding hydrogens is 273 g/mol. The number of rotatable bonds is 2. The van der Waals surface area contributed by atoms with Crippen molar-refractivity contribution >= 4 is 22.0 Å². The van der Waals surface area contributed by atoms with Gasteiger partial charge >= 0.3 is 6.18 Å². The van der Waals surface area contributed by atoms with Crippen LogP contribution in [0.2, 0.25) is 0 Å². The van der Waals surface area contributed by atoms with Crippen LogP contribution in [0.3, 0.4) is 0 Å². The van der Waals surface area contributed by atoms with Crippen molar-refractivity contribution in [1.82, 2.24) is 0 Å². The zero-order valence-electron chi connectivity index (χ0n) is 7.55. The van der Waals surface area contributed by atoms with E-state index in [1.807, 2.05) is 0 Å². The van der Waals surface area contributed by atoms with Gasteiger partial charge in [0.15, 0.2) is 0 Å². The van der Waals surface area contributed by atoms with Crippen molar-refractivity contribution in [3.63, 3.8) is 0 Å². The second-order valence-corrected chi connectivity index (χ2v) is 3.67. The van der Waals surface area contributed by atoms with Gasteiger partial charge in [-0.25, -0.2) is 0 Å². The molecule has 1 aromatic carbocycles. The summed E-state index contributed by atoms with van der Waals surface area (Å²) >= 11 is 3.04. The van der Waals surface area contributed by atoms with Gasteiger partial charge < -0.3 is 5.11 Å². The van der Waals surface area contributed by atoms with E-state index in [0.717, 1.165) is 12.1 Å². The van der Waals surface area contributed by atoms with Gasteiger partial charge in [-0.2, -0.15) is 13.2 Å². The standard InChI is InChI=1S/C10H8BrF3O/c11-9-6-8(10(12,13)14)4-3-7(9)2-1-5-15/h1-4,6,15H,5H2. The van der Waals surface area contributed by atoms with Crippen LogP contribution in [0, 0.1) is 0 Å². The summed E-state index contributed by atoms with van der Waals surface area (Å²) in [5.74, 6) is 0. The first-order chi connectivity index (χ1) is 6.95. The van der Waals surface area contributed by atoms with Crippen LogP contribution < -0.4 is 0 Å². The molecule has 15 heavy (non-hydrogen) atoms. The van der Waals surface area contributed by atoms with Crippen molar-refractivity contribution in [1.29, 1.82) is 0 Å². The number of aliphatic hydroxyl groups excluding tert-OH is 1. The highest BCUT2D eigenvalue weighted by Crippen LogP contribution is 2.32. The van der Waals surface area contributed by atoms with E-state index in [1.165, 1.54) is 12.1 Å². The molecule has 0 atom stereocenters. The molecule has 0 spiro atoms. The fraction of sp³-hybridized carbons (Fsp3) is 0.200. The first-order valence-corrected chi connectivity index (χ1v) is 4.88. The summed E-state index contributed by atoms with van der Waals surface area (Å²) in [4.78, 5) is 0. The maximum atomic E-state index is 12.3. The molecule has 0 saturated heterocycles. The van der Waals surface area contributed by atoms with Crippen LogP contribution in [0.25, 0.3) is 6.08 Å². The fourth-order valence-corrected chi connectivity index (χ4v) is 1.53. The molecular formula is C10H8BrF3O. The molecule has 0 aliphatic rings. The number of halogens is 4. The largest absolute Gasteiger partial charge is 0.416 e. The van der Waals surface area contributed by atoms with Gasteiger partial charge in [0.05, 0.1) is 12.2 Å². The summed E-state index contributed by atoms with van der Waals surface area (Å²) in [6, 6.07) is 3.36. The minimum Gasteiger partial charge on any atom is -0.392 e. The van der Waals surface area contributed by atoms with Gasteiger partial charge in [-0.05, 0) is 17.7 Å². The Hall–Kier alpha value is -0.810. The molecule has 0 aliphatic heterocycles. The Bertz CT molecular complexity index is 371. The average Bonchev–Trinajstić information content (AvgIpc) is 2.14. The van der Waals surface area contributed by atoms with Gasteiger partial charge in [-0.3, -0.25) is 0 Å². The predicted molar refractivity (Wildman–Crippen MR) is 55.3 cm³/mol. The van der Waals surface area contributed by atoms with E-state index in [2.05, 4.69) is 15.9 Å². The van der Waals surface area contributed by atoms with Crippen molar-refractivity contribution in [3.05, 3.63) is 39.9 Å². The molecule has 0 radical (unpaired) electrons. The summed E-state index contributed by atoms with van der Waals surface area (Å²) in [5.41, 5.74) is -0.104. The monoisotopic (exact) mass is 280 g/mol. The first kappa shape index (κ1) is 12.3. The average molecular weight is 281 g/mol. The molecule has 0 amide bonds. The van der Waals surface area contributed by atoms with Crippen molar-refractivity contribution in [2.75, 3.05) is 6.61 Å². The van der Waals surface area contributed by atoms with Crippen LogP contribution in [0.4, 0.5) is 13.2 Å². The zero-order valence-corrected chi connectivity index (χ0v) is 9.14. The number of aliphatic hydroxyl groups is 1. The molecule has 0 aliphatic carbocycles. The van der Waals surface area contributed by atoms with Gasteiger partial charge in [0, 0.05) is 4.47 Å². The van der Waals surface area contributed by atoms with Crippen LogP contribution in [-0.4, -0.2) is 11.7 Å². The van der Waals surface area contributed by atoms with Gasteiger partial charge in [0.2, 0.25) is 0 Å². The van der Waals surface area contributed by atoms with Gasteiger partial charge in [-0.15, -0.1) is 0 Å². The highest BCUT2D eigenvalue weighted by molar-refractivity contribution is 9.10. The lowest BCUT2D eigenvalue weighted by molar-refractivity contribution is -0.137. The maximum absolute atomic E-state index is 12.3. The summed E-state index contributed by atoms with van der Waals surface area (Å²) in [7, 11) is 0. The van der Waals surface area contributed by atoms with Crippen molar-refractivity contribution in [3.8, 4) is 0 Å². The zero-order chi connectivity index (χ0) is 11.5. The molecule has 1 rings (SSSR count). The highest BCUT2D eigenvalue weighted by Gasteiger charge is 2.30. The van der Waals surface area contributed by atoms with Crippen LogP contribution in [-0.2, 0) is 6.18 Å². The van der Waals surface area contributed by atoms with E-state index in [4.69, 9.17) is 5.11 Å². The first-order valence-electron chi connectivity index (χ1n) is 4.09. The summed E-state index contributed by atoms with van der Waals surface area (Å²) in [6.07, 6.45) is -1.33. The highest BCUT2D eigenvalue weighted by atomic mass is 79.9. The van der Waals surface area contributed by atoms with E-state index in [1.54, 1.807) is 6.08 Å². The molecule has 82 valence electrons. The van der Waals surface area contributed by atoms with Crippen molar-refractivity contribution in [2.24, 2.45) is 0 Å². The molecule has 0 fully saturated rings. The lowest BCUT2D eigenvalue weighted by Gasteiger charge is -2.07. The van der Waals surface area contributed by atoms with Gasteiger partial charge in [0.1, 0.15) is 0 Å². The minimum atomic E-state index is -4.33. The topological polar surface area (TPSA) is 20.2 Å². The smallest absolute Gasteiger partial charge is 0.392 e. The SMILES string of the molecule is OCC=Cc1ccc(C(F)(F)F)cc1Br. The molecule has 0 aromatic heterocycles. The van der Waals surface area contributed by atoms with E-state index in [-0.39, 0.29) is 6.61 Å². The van der Waals surface area contributed by atoms with E-state index in [9.17, 15) is 13.2 Å². The normalized spacial score (nSPS) is 12.3. The summed E-state index contributed by atoms with van der Waals surface area (Å²) < 4.78 is 37.2. The van der Waals surface area contributed by atoms with Gasteiger partial charge in [0.25, 0.3) is 0 Å². The van der Waals surface area contributed by atoms with E-state index in [0.29, 0.717) is 10.0 Å². The Morgan fingerprint density at radius 2 is 2.00 bits per heavy atom. The molecule has 0 unspecified atom stereocenters. The summed E-state index contributed by atoms with van der Waals surface area (Å²) in [6.45, 7) is -0.145. The number of alkyl halides is 3. The fourth-order valence-electron chi connectivity index (χ4n) is 1.02. The van der Waals surface area contributed by atoms with Crippen LogP contribution in [0.15, 0.2) is 28.7 Å². The maximum Gasteiger partial charge on any atom is 0.416 e. The summed E-state index contributed by atoms with van der Waals surface area (Å²) in [5, 5.41) is 8.52. The second-order valence-electron chi connectivity index (χ2n) is 2.82. The van der Waals surface area contributed by atoms with Gasteiger partial charge in [-0.1, -0.05) is 34.1 Å². The van der Waals surface area contributed by atoms with Crippen molar-refractivity contribution < 1.29 is 18.3 Å². The molecule has 5 heteroatoms. The quantitative estimate of drug-likeness (QED) is 0.880. The third-order valence-electron chi connectivity index (χ3n) is 1.73. The molecule has 1 nitrogen and oxygen atoms in total. The Balaban J connectivity index is 3.04. The molecule has 0 saturated carbocycles. The molecule has 1 aromatic rings. The van der Waals surface area contributed by atoms with Crippen LogP contribution in [0.5, 0.6) is 0 Å². The Kier molecular flexibility index (Phi) is 3.93. The lowest BCUT2D eigenvalue weighted by Crippen LogP contribution is -2.04.